The summed E-state index contributed by atoms with van der Waals surface area (Å²) in [6.45, 7) is 20.4. The Kier molecular flexibility index (Phi) is 13.7. The number of aliphatic hydroxyl groups excluding tert-OH is 1. The van der Waals surface area contributed by atoms with Gasteiger partial charge in [-0.2, -0.15) is 0 Å². The second-order valence-corrected chi connectivity index (χ2v) is 16.3. The number of methoxy groups -OCH3 is 1. The van der Waals surface area contributed by atoms with E-state index in [1.54, 1.807) is 21.0 Å². The number of nitrogens with zero attached hydrogens (tertiary/aromatic N) is 1. The van der Waals surface area contributed by atoms with E-state index in [1.165, 1.54) is 0 Å². The average molecular weight is 684 g/mol. The van der Waals surface area contributed by atoms with Crippen molar-refractivity contribution in [1.82, 2.24) is 15.5 Å². The molecule has 3 aliphatic heterocycles. The van der Waals surface area contributed by atoms with Crippen molar-refractivity contribution < 1.29 is 43.2 Å². The van der Waals surface area contributed by atoms with Crippen molar-refractivity contribution in [2.75, 3.05) is 34.3 Å². The topological polar surface area (TPSA) is 145 Å². The largest absolute Gasteiger partial charge is 0.458 e. The summed E-state index contributed by atoms with van der Waals surface area (Å²) >= 11 is 0. The van der Waals surface area contributed by atoms with Gasteiger partial charge in [-0.25, -0.2) is 0 Å². The van der Waals surface area contributed by atoms with Crippen molar-refractivity contribution in [3.8, 4) is 0 Å². The molecule has 3 rings (SSSR count). The number of Topliss-reactive ketones (excluding diaryl/α,β-unsaturated/α-hetero) is 1. The van der Waals surface area contributed by atoms with E-state index in [0.29, 0.717) is 32.4 Å². The molecule has 0 aromatic carbocycles. The number of carbonyl (C=O) groups is 3. The Morgan fingerprint density at radius 2 is 1.75 bits per heavy atom. The molecule has 0 saturated carbocycles. The highest BCUT2D eigenvalue weighted by Gasteiger charge is 2.55. The van der Waals surface area contributed by atoms with Crippen LogP contribution in [0.5, 0.6) is 0 Å². The quantitative estimate of drug-likeness (QED) is 0.268. The normalized spacial score (nSPS) is 42.5. The summed E-state index contributed by atoms with van der Waals surface area (Å²) in [6.07, 6.45) is -2.22. The van der Waals surface area contributed by atoms with E-state index in [9.17, 15) is 19.5 Å². The van der Waals surface area contributed by atoms with Crippen LogP contribution >= 0.6 is 0 Å². The predicted octanol–water partition coefficient (Wildman–Crippen LogP) is 3.07. The lowest BCUT2D eigenvalue weighted by atomic mass is 9.78. The highest BCUT2D eigenvalue weighted by molar-refractivity contribution is 6.00. The number of cyclic esters (lactones) is 1. The molecule has 0 radical (unpaired) electrons. The molecule has 3 aliphatic rings. The highest BCUT2D eigenvalue weighted by Crippen LogP contribution is 2.42. The average Bonchev–Trinajstić information content (AvgIpc) is 3.33. The fourth-order valence-electron chi connectivity index (χ4n) is 7.87. The zero-order valence-corrected chi connectivity index (χ0v) is 31.8. The molecule has 0 bridgehead atoms. The molecule has 0 aromatic heterocycles. The van der Waals surface area contributed by atoms with Crippen molar-refractivity contribution in [2.24, 2.45) is 23.7 Å². The molecule has 12 nitrogen and oxygen atoms in total. The van der Waals surface area contributed by atoms with Gasteiger partial charge in [-0.15, -0.1) is 0 Å². The van der Waals surface area contributed by atoms with E-state index in [2.05, 4.69) is 38.3 Å². The van der Waals surface area contributed by atoms with Gasteiger partial charge in [0.1, 0.15) is 18.1 Å². The Morgan fingerprint density at radius 3 is 2.31 bits per heavy atom. The van der Waals surface area contributed by atoms with Crippen LogP contribution in [-0.4, -0.2) is 122 Å². The number of ether oxygens (including phenoxy) is 5. The Morgan fingerprint density at radius 1 is 1.10 bits per heavy atom. The van der Waals surface area contributed by atoms with Gasteiger partial charge in [-0.1, -0.05) is 20.8 Å². The van der Waals surface area contributed by atoms with E-state index >= 15 is 0 Å². The summed E-state index contributed by atoms with van der Waals surface area (Å²) < 4.78 is 31.3. The molecule has 3 N–H and O–H groups in total. The third kappa shape index (κ3) is 9.35. The summed E-state index contributed by atoms with van der Waals surface area (Å²) in [4.78, 5) is 42.5. The van der Waals surface area contributed by atoms with Crippen molar-refractivity contribution >= 4 is 17.7 Å². The van der Waals surface area contributed by atoms with Crippen LogP contribution in [0.25, 0.3) is 0 Å². The minimum Gasteiger partial charge on any atom is -0.458 e. The minimum atomic E-state index is -1.13. The zero-order valence-electron chi connectivity index (χ0n) is 31.8. The number of carbonyl (C=O) groups excluding carboxylic acids is 3. The lowest BCUT2D eigenvalue weighted by Crippen LogP contribution is -2.60. The minimum absolute atomic E-state index is 0.0490. The lowest BCUT2D eigenvalue weighted by molar-refractivity contribution is -0.297. The molecule has 48 heavy (non-hydrogen) atoms. The molecule has 3 heterocycles. The van der Waals surface area contributed by atoms with Gasteiger partial charge in [0.2, 0.25) is 0 Å². The molecule has 3 fully saturated rings. The zero-order chi connectivity index (χ0) is 36.4. The molecule has 3 saturated heterocycles. The first-order chi connectivity index (χ1) is 22.2. The second kappa shape index (κ2) is 16.1. The van der Waals surface area contributed by atoms with Crippen molar-refractivity contribution in [1.29, 1.82) is 0 Å². The van der Waals surface area contributed by atoms with Gasteiger partial charge in [-0.3, -0.25) is 14.4 Å². The van der Waals surface area contributed by atoms with Gasteiger partial charge in [-0.05, 0) is 94.3 Å². The fraction of sp³-hybridized carbons (Fsp3) is 0.917. The molecule has 12 heteroatoms. The van der Waals surface area contributed by atoms with Crippen LogP contribution in [0.15, 0.2) is 0 Å². The molecule has 0 aromatic rings. The Bertz CT molecular complexity index is 1110. The van der Waals surface area contributed by atoms with Crippen molar-refractivity contribution in [3.63, 3.8) is 0 Å². The van der Waals surface area contributed by atoms with Crippen LogP contribution in [0.2, 0.25) is 0 Å². The highest BCUT2D eigenvalue weighted by atomic mass is 16.7. The fourth-order valence-corrected chi connectivity index (χ4v) is 7.87. The number of esters is 2. The molecule has 278 valence electrons. The molecule has 13 atom stereocenters. The first kappa shape index (κ1) is 40.8. The van der Waals surface area contributed by atoms with Gasteiger partial charge in [0.15, 0.2) is 17.7 Å². The summed E-state index contributed by atoms with van der Waals surface area (Å²) in [5, 5.41) is 18.7. The van der Waals surface area contributed by atoms with Crippen LogP contribution in [0.3, 0.4) is 0 Å². The molecule has 0 amide bonds. The number of rotatable bonds is 7. The third-order valence-electron chi connectivity index (χ3n) is 10.9. The molecular weight excluding hydrogens is 618 g/mol. The van der Waals surface area contributed by atoms with E-state index in [0.717, 1.165) is 0 Å². The standard InChI is InChI=1S/C36H65N3O9/c1-14-27-36(10)25(16-28(40)48-36)23(5)37-18-20(2)17-35(9,44-13)31(21(3)29(41)22(4)32(43)46-27)47-33-30(42)26(39(11)12)15-24(45-33)19-38-34(6,7)8/h20-27,30-31,33,37-38,42H,14-19H2,1-13H3/t20-,21+,22?,23-,24?,25-,26?,27-,30?,31-,33?,35-,36+/m1/s1. The summed E-state index contributed by atoms with van der Waals surface area (Å²) in [7, 11) is 5.43. The molecule has 5 unspecified atom stereocenters. The predicted molar refractivity (Wildman–Crippen MR) is 182 cm³/mol. The number of nitrogens with one attached hydrogen (secondary N) is 2. The number of fused-ring (bicyclic) bond motifs is 1. The number of likely N-dealkylation sites (N-methyl/N-ethyl adjacent to an activating group) is 1. The van der Waals surface area contributed by atoms with Crippen LogP contribution in [-0.2, 0) is 38.1 Å². The Balaban J connectivity index is 2.02. The van der Waals surface area contributed by atoms with Gasteiger partial charge < -0.3 is 44.3 Å². The first-order valence-electron chi connectivity index (χ1n) is 17.8. The van der Waals surface area contributed by atoms with E-state index in [-0.39, 0.29) is 53.7 Å². The van der Waals surface area contributed by atoms with E-state index < -0.39 is 53.6 Å². The van der Waals surface area contributed by atoms with Gasteiger partial charge in [0.05, 0.1) is 24.2 Å². The molecule has 0 aliphatic carbocycles. The van der Waals surface area contributed by atoms with E-state index in [4.69, 9.17) is 23.7 Å². The Labute approximate surface area is 288 Å². The first-order valence-corrected chi connectivity index (χ1v) is 17.8. The summed E-state index contributed by atoms with van der Waals surface area (Å²) in [5.74, 6) is -3.55. The number of ketones is 1. The number of hydrogen-bond donors (Lipinski definition) is 3. The lowest BCUT2D eigenvalue weighted by Gasteiger charge is -2.47. The molecule has 0 spiro atoms. The van der Waals surface area contributed by atoms with Gasteiger partial charge in [0, 0.05) is 43.1 Å². The number of hydrogen-bond acceptors (Lipinski definition) is 12. The van der Waals surface area contributed by atoms with Crippen LogP contribution in [0.1, 0.15) is 94.9 Å². The van der Waals surface area contributed by atoms with Crippen LogP contribution in [0, 0.1) is 23.7 Å². The van der Waals surface area contributed by atoms with Crippen molar-refractivity contribution in [2.45, 2.75) is 154 Å². The van der Waals surface area contributed by atoms with Crippen LogP contribution < -0.4 is 10.6 Å². The SMILES string of the molecule is CC[C@H]1OC(=O)C(C)C(=O)[C@H](C)[C@@H](OC2OC(CNC(C)(C)C)CC(N(C)C)C2O)[C@](C)(OC)C[C@@H](C)CN[C@H](C)[C@H]2CC(=O)O[C@@]21C. The Hall–Kier alpha value is -1.67. The van der Waals surface area contributed by atoms with E-state index in [1.807, 2.05) is 46.7 Å². The smallest absolute Gasteiger partial charge is 0.316 e. The third-order valence-corrected chi connectivity index (χ3v) is 10.9. The maximum Gasteiger partial charge on any atom is 0.316 e. The summed E-state index contributed by atoms with van der Waals surface area (Å²) in [6, 6.07) is -0.384. The maximum absolute atomic E-state index is 14.2. The number of aliphatic hydroxyl groups is 1. The summed E-state index contributed by atoms with van der Waals surface area (Å²) in [5.41, 5.74) is -2.19. The van der Waals surface area contributed by atoms with Gasteiger partial charge >= 0.3 is 11.9 Å². The monoisotopic (exact) mass is 683 g/mol. The van der Waals surface area contributed by atoms with Crippen molar-refractivity contribution in [3.05, 3.63) is 0 Å². The molecular formula is C36H65N3O9. The maximum atomic E-state index is 14.2. The van der Waals surface area contributed by atoms with Gasteiger partial charge in [0.25, 0.3) is 0 Å². The van der Waals surface area contributed by atoms with Crippen LogP contribution in [0.4, 0.5) is 0 Å². The second-order valence-electron chi connectivity index (χ2n) is 16.3.